The van der Waals surface area contributed by atoms with Crippen molar-refractivity contribution in [1.29, 1.82) is 0 Å². The first-order valence-corrected chi connectivity index (χ1v) is 9.20. The third-order valence-electron chi connectivity index (χ3n) is 4.96. The lowest BCUT2D eigenvalue weighted by atomic mass is 10.1. The normalized spacial score (nSPS) is 12.8. The molecule has 1 atom stereocenters. The van der Waals surface area contributed by atoms with Crippen LogP contribution in [0.25, 0.3) is 16.7 Å². The van der Waals surface area contributed by atoms with Gasteiger partial charge in [0.15, 0.2) is 0 Å². The predicted molar refractivity (Wildman–Crippen MR) is 105 cm³/mol. The molecule has 0 fully saturated rings. The molecule has 2 aromatic heterocycles. The summed E-state index contributed by atoms with van der Waals surface area (Å²) in [6, 6.07) is 9.72. The summed E-state index contributed by atoms with van der Waals surface area (Å²) in [4.78, 5) is 19.7. The maximum atomic E-state index is 13.0. The molecular formula is C21H18F3N5O. The minimum atomic E-state index is -4.43. The second-order valence-corrected chi connectivity index (χ2v) is 6.97. The highest BCUT2D eigenvalue weighted by molar-refractivity contribution is 5.97. The number of carbonyl (C=O) groups is 1. The Kier molecular flexibility index (Phi) is 4.81. The van der Waals surface area contributed by atoms with Gasteiger partial charge in [-0.1, -0.05) is 6.07 Å². The Labute approximate surface area is 169 Å². The van der Waals surface area contributed by atoms with Crippen LogP contribution in [0.1, 0.15) is 40.1 Å². The molecule has 0 saturated carbocycles. The van der Waals surface area contributed by atoms with Gasteiger partial charge in [0.2, 0.25) is 0 Å². The van der Waals surface area contributed by atoms with E-state index in [4.69, 9.17) is 0 Å². The highest BCUT2D eigenvalue weighted by Crippen LogP contribution is 2.31. The van der Waals surface area contributed by atoms with E-state index in [1.807, 2.05) is 0 Å². The molecule has 0 saturated heterocycles. The first kappa shape index (κ1) is 19.7. The van der Waals surface area contributed by atoms with E-state index >= 15 is 0 Å². The molecule has 9 heteroatoms. The van der Waals surface area contributed by atoms with Crippen LogP contribution in [-0.2, 0) is 6.18 Å². The second-order valence-electron chi connectivity index (χ2n) is 6.97. The van der Waals surface area contributed by atoms with Gasteiger partial charge < -0.3 is 10.3 Å². The number of aromatic nitrogens is 4. The summed E-state index contributed by atoms with van der Waals surface area (Å²) in [7, 11) is 0. The SMILES string of the molecule is Cc1c(C(C)NC(=O)c2ccc3nc[nH]c3c2)cnn1-c1cccc(C(F)(F)F)c1. The Balaban J connectivity index is 1.56. The van der Waals surface area contributed by atoms with Gasteiger partial charge in [0.25, 0.3) is 5.91 Å². The molecule has 0 bridgehead atoms. The van der Waals surface area contributed by atoms with Crippen molar-refractivity contribution in [2.75, 3.05) is 0 Å². The van der Waals surface area contributed by atoms with Crippen LogP contribution in [-0.4, -0.2) is 25.7 Å². The number of hydrogen-bond acceptors (Lipinski definition) is 3. The number of fused-ring (bicyclic) bond motifs is 1. The van der Waals surface area contributed by atoms with E-state index in [0.29, 0.717) is 22.5 Å². The number of H-pyrrole nitrogens is 1. The predicted octanol–water partition coefficient (Wildman–Crippen LogP) is 4.57. The summed E-state index contributed by atoms with van der Waals surface area (Å²) < 4.78 is 40.5. The van der Waals surface area contributed by atoms with Gasteiger partial charge in [0, 0.05) is 16.8 Å². The molecule has 4 aromatic rings. The number of nitrogens with one attached hydrogen (secondary N) is 2. The van der Waals surface area contributed by atoms with E-state index < -0.39 is 17.8 Å². The van der Waals surface area contributed by atoms with Crippen molar-refractivity contribution in [3.8, 4) is 5.69 Å². The summed E-state index contributed by atoms with van der Waals surface area (Å²) in [5, 5.41) is 7.13. The van der Waals surface area contributed by atoms with Crippen molar-refractivity contribution in [2.45, 2.75) is 26.1 Å². The van der Waals surface area contributed by atoms with Gasteiger partial charge in [-0.2, -0.15) is 18.3 Å². The van der Waals surface area contributed by atoms with Crippen molar-refractivity contribution in [1.82, 2.24) is 25.1 Å². The van der Waals surface area contributed by atoms with Gasteiger partial charge in [-0.05, 0) is 50.2 Å². The van der Waals surface area contributed by atoms with Gasteiger partial charge >= 0.3 is 6.18 Å². The zero-order chi connectivity index (χ0) is 21.5. The largest absolute Gasteiger partial charge is 0.416 e. The number of halogens is 3. The lowest BCUT2D eigenvalue weighted by Crippen LogP contribution is -2.26. The average molecular weight is 413 g/mol. The zero-order valence-electron chi connectivity index (χ0n) is 16.2. The van der Waals surface area contributed by atoms with Crippen molar-refractivity contribution in [3.05, 3.63) is 77.4 Å². The van der Waals surface area contributed by atoms with Crippen molar-refractivity contribution in [2.24, 2.45) is 0 Å². The summed E-state index contributed by atoms with van der Waals surface area (Å²) in [6.45, 7) is 3.55. The molecule has 2 heterocycles. The molecule has 1 unspecified atom stereocenters. The number of hydrogen-bond donors (Lipinski definition) is 2. The maximum Gasteiger partial charge on any atom is 0.416 e. The van der Waals surface area contributed by atoms with Gasteiger partial charge in [-0.3, -0.25) is 4.79 Å². The van der Waals surface area contributed by atoms with E-state index in [1.54, 1.807) is 50.6 Å². The molecule has 0 radical (unpaired) electrons. The van der Waals surface area contributed by atoms with Crippen LogP contribution in [0.15, 0.2) is 55.0 Å². The van der Waals surface area contributed by atoms with Crippen LogP contribution in [0, 0.1) is 6.92 Å². The number of nitrogens with zero attached hydrogens (tertiary/aromatic N) is 3. The molecule has 0 spiro atoms. The maximum absolute atomic E-state index is 13.0. The fourth-order valence-corrected chi connectivity index (χ4v) is 3.36. The highest BCUT2D eigenvalue weighted by atomic mass is 19.4. The molecule has 154 valence electrons. The van der Waals surface area contributed by atoms with E-state index in [2.05, 4.69) is 20.4 Å². The third-order valence-corrected chi connectivity index (χ3v) is 4.96. The Morgan fingerprint density at radius 2 is 2.00 bits per heavy atom. The molecule has 2 aromatic carbocycles. The first-order chi connectivity index (χ1) is 14.2. The van der Waals surface area contributed by atoms with Gasteiger partial charge in [-0.15, -0.1) is 0 Å². The molecule has 0 aliphatic heterocycles. The van der Waals surface area contributed by atoms with Crippen molar-refractivity contribution in [3.63, 3.8) is 0 Å². The fourth-order valence-electron chi connectivity index (χ4n) is 3.36. The Morgan fingerprint density at radius 3 is 2.77 bits per heavy atom. The molecule has 30 heavy (non-hydrogen) atoms. The van der Waals surface area contributed by atoms with Crippen molar-refractivity contribution < 1.29 is 18.0 Å². The van der Waals surface area contributed by atoms with E-state index in [9.17, 15) is 18.0 Å². The fraction of sp³-hybridized carbons (Fsp3) is 0.190. The number of rotatable bonds is 4. The van der Waals surface area contributed by atoms with Crippen molar-refractivity contribution >= 4 is 16.9 Å². The number of aromatic amines is 1. The second kappa shape index (κ2) is 7.33. The zero-order valence-corrected chi connectivity index (χ0v) is 16.2. The number of imidazole rings is 1. The molecule has 1 amide bonds. The van der Waals surface area contributed by atoms with Crippen LogP contribution in [0.5, 0.6) is 0 Å². The van der Waals surface area contributed by atoms with Gasteiger partial charge in [0.1, 0.15) is 0 Å². The average Bonchev–Trinajstić information content (AvgIpc) is 3.33. The molecule has 0 aliphatic carbocycles. The van der Waals surface area contributed by atoms with Crippen LogP contribution >= 0.6 is 0 Å². The van der Waals surface area contributed by atoms with E-state index in [0.717, 1.165) is 23.2 Å². The van der Waals surface area contributed by atoms with Crippen LogP contribution in [0.2, 0.25) is 0 Å². The molecule has 0 aliphatic rings. The lowest BCUT2D eigenvalue weighted by Gasteiger charge is -2.15. The number of alkyl halides is 3. The number of amides is 1. The number of benzene rings is 2. The summed E-state index contributed by atoms with van der Waals surface area (Å²) in [5.41, 5.74) is 2.90. The summed E-state index contributed by atoms with van der Waals surface area (Å²) in [6.07, 6.45) is -1.32. The topological polar surface area (TPSA) is 75.6 Å². The molecule has 6 nitrogen and oxygen atoms in total. The number of carbonyl (C=O) groups excluding carboxylic acids is 1. The Hall–Kier alpha value is -3.62. The minimum Gasteiger partial charge on any atom is -0.345 e. The van der Waals surface area contributed by atoms with Crippen LogP contribution in [0.3, 0.4) is 0 Å². The van der Waals surface area contributed by atoms with E-state index in [-0.39, 0.29) is 5.91 Å². The minimum absolute atomic E-state index is 0.273. The van der Waals surface area contributed by atoms with Gasteiger partial charge in [0.05, 0.1) is 40.9 Å². The highest BCUT2D eigenvalue weighted by Gasteiger charge is 2.30. The van der Waals surface area contributed by atoms with Crippen LogP contribution < -0.4 is 5.32 Å². The smallest absolute Gasteiger partial charge is 0.345 e. The quantitative estimate of drug-likeness (QED) is 0.515. The third kappa shape index (κ3) is 3.66. The molecular weight excluding hydrogens is 395 g/mol. The Bertz CT molecular complexity index is 1220. The monoisotopic (exact) mass is 413 g/mol. The van der Waals surface area contributed by atoms with Crippen LogP contribution in [0.4, 0.5) is 13.2 Å². The molecule has 2 N–H and O–H groups in total. The summed E-state index contributed by atoms with van der Waals surface area (Å²) >= 11 is 0. The molecule has 4 rings (SSSR count). The lowest BCUT2D eigenvalue weighted by molar-refractivity contribution is -0.137. The van der Waals surface area contributed by atoms with E-state index in [1.165, 1.54) is 10.7 Å². The Morgan fingerprint density at radius 1 is 1.20 bits per heavy atom. The summed E-state index contributed by atoms with van der Waals surface area (Å²) in [5.74, 6) is -0.273. The van der Waals surface area contributed by atoms with Gasteiger partial charge in [-0.25, -0.2) is 9.67 Å². The standard InChI is InChI=1S/C21H18F3N5O/c1-12(28-20(30)14-6-7-18-19(8-14)26-11-25-18)17-10-27-29(13(17)2)16-5-3-4-15(9-16)21(22,23)24/h3-12H,1-2H3,(H,25,26)(H,28,30). The first-order valence-electron chi connectivity index (χ1n) is 9.20.